The van der Waals surface area contributed by atoms with Crippen molar-refractivity contribution in [2.45, 2.75) is 45.1 Å². The Morgan fingerprint density at radius 2 is 1.27 bits per heavy atom. The van der Waals surface area contributed by atoms with E-state index in [4.69, 9.17) is 4.74 Å². The number of hydrogen-bond donors (Lipinski definition) is 1. The molecule has 1 aliphatic heterocycles. The van der Waals surface area contributed by atoms with Crippen molar-refractivity contribution >= 4 is 29.4 Å². The fourth-order valence-electron chi connectivity index (χ4n) is 6.89. The molecule has 0 radical (unpaired) electrons. The summed E-state index contributed by atoms with van der Waals surface area (Å²) in [5.41, 5.74) is 5.81. The number of amides is 3. The quantitative estimate of drug-likeness (QED) is 0.347. The van der Waals surface area contributed by atoms with Gasteiger partial charge in [-0.15, -0.1) is 0 Å². The van der Waals surface area contributed by atoms with Crippen molar-refractivity contribution in [3.63, 3.8) is 0 Å². The molecule has 1 saturated heterocycles. The molecule has 0 saturated carbocycles. The zero-order valence-electron chi connectivity index (χ0n) is 22.8. The summed E-state index contributed by atoms with van der Waals surface area (Å²) in [5.74, 6) is -3.53. The van der Waals surface area contributed by atoms with Gasteiger partial charge in [0.05, 0.1) is 11.8 Å². The molecular weight excluding hydrogens is 504 g/mol. The average molecular weight is 537 g/mol. The van der Waals surface area contributed by atoms with E-state index in [0.29, 0.717) is 5.69 Å². The Balaban J connectivity index is 1.28. The van der Waals surface area contributed by atoms with Gasteiger partial charge in [0.15, 0.2) is 6.61 Å². The second kappa shape index (κ2) is 10.0. The number of hydrogen-bond acceptors (Lipinski definition) is 5. The molecule has 7 nitrogen and oxygen atoms in total. The first-order valence-corrected chi connectivity index (χ1v) is 13.8. The van der Waals surface area contributed by atoms with E-state index in [-0.39, 0.29) is 36.0 Å². The number of benzene rings is 3. The van der Waals surface area contributed by atoms with E-state index in [2.05, 4.69) is 5.32 Å². The third kappa shape index (κ3) is 4.12. The first-order chi connectivity index (χ1) is 19.3. The van der Waals surface area contributed by atoms with E-state index in [1.165, 1.54) is 0 Å². The predicted molar refractivity (Wildman–Crippen MR) is 149 cm³/mol. The molecule has 3 amide bonds. The van der Waals surface area contributed by atoms with Crippen LogP contribution in [0.15, 0.2) is 72.8 Å². The molecule has 7 heteroatoms. The molecule has 3 atom stereocenters. The van der Waals surface area contributed by atoms with Gasteiger partial charge in [0.25, 0.3) is 5.91 Å². The molecule has 204 valence electrons. The van der Waals surface area contributed by atoms with Crippen molar-refractivity contribution in [1.82, 2.24) is 4.90 Å². The van der Waals surface area contributed by atoms with Crippen molar-refractivity contribution in [2.24, 2.45) is 17.8 Å². The molecule has 1 heterocycles. The van der Waals surface area contributed by atoms with Gasteiger partial charge in [-0.2, -0.15) is 0 Å². The van der Waals surface area contributed by atoms with E-state index >= 15 is 0 Å². The summed E-state index contributed by atoms with van der Waals surface area (Å²) in [5, 5.41) is 2.75. The fourth-order valence-corrected chi connectivity index (χ4v) is 6.89. The lowest BCUT2D eigenvalue weighted by atomic mass is 9.55. The smallest absolute Gasteiger partial charge is 0.329 e. The van der Waals surface area contributed by atoms with Crippen molar-refractivity contribution in [1.29, 1.82) is 0 Å². The van der Waals surface area contributed by atoms with Crippen LogP contribution >= 0.6 is 0 Å². The summed E-state index contributed by atoms with van der Waals surface area (Å²) in [6.07, 6.45) is 0.254. The minimum Gasteiger partial charge on any atom is -0.454 e. The second-order valence-corrected chi connectivity index (χ2v) is 11.4. The maximum absolute atomic E-state index is 14.1. The molecule has 3 aromatic carbocycles. The van der Waals surface area contributed by atoms with Crippen LogP contribution in [0.5, 0.6) is 0 Å². The molecule has 0 unspecified atom stereocenters. The summed E-state index contributed by atoms with van der Waals surface area (Å²) in [6.45, 7) is 5.22. The molecule has 3 aliphatic carbocycles. The molecule has 3 aromatic rings. The zero-order chi connectivity index (χ0) is 28.1. The van der Waals surface area contributed by atoms with Crippen molar-refractivity contribution in [3.05, 3.63) is 101 Å². The van der Waals surface area contributed by atoms with Gasteiger partial charge in [-0.1, -0.05) is 80.6 Å². The third-order valence-corrected chi connectivity index (χ3v) is 8.53. The highest BCUT2D eigenvalue weighted by molar-refractivity contribution is 6.10. The number of rotatable bonds is 7. The number of anilines is 1. The Labute approximate surface area is 233 Å². The van der Waals surface area contributed by atoms with Crippen LogP contribution in [0.3, 0.4) is 0 Å². The van der Waals surface area contributed by atoms with Gasteiger partial charge in [0.2, 0.25) is 11.8 Å². The SMILES string of the molecule is Cc1ccccc1NC(=O)COC(=O)[C@H](CC(C)C)N1C(=O)[C@@H]2C3c4ccccc4C(c4ccccc43)[C@H]2C1=O. The number of imide groups is 1. The minimum absolute atomic E-state index is 0.00712. The number of nitrogens with zero attached hydrogens (tertiary/aromatic N) is 1. The summed E-state index contributed by atoms with van der Waals surface area (Å²) < 4.78 is 5.44. The Kier molecular flexibility index (Phi) is 6.53. The molecule has 1 fully saturated rings. The maximum Gasteiger partial charge on any atom is 0.329 e. The average Bonchev–Trinajstić information content (AvgIpc) is 3.21. The largest absolute Gasteiger partial charge is 0.454 e. The number of para-hydroxylation sites is 1. The van der Waals surface area contributed by atoms with Crippen LogP contribution in [0.25, 0.3) is 0 Å². The van der Waals surface area contributed by atoms with Crippen LogP contribution in [0, 0.1) is 24.7 Å². The summed E-state index contributed by atoms with van der Waals surface area (Å²) in [6, 6.07) is 22.3. The highest BCUT2D eigenvalue weighted by Gasteiger charge is 2.63. The summed E-state index contributed by atoms with van der Waals surface area (Å²) >= 11 is 0. The highest BCUT2D eigenvalue weighted by atomic mass is 16.5. The lowest BCUT2D eigenvalue weighted by Gasteiger charge is -2.45. The number of nitrogens with one attached hydrogen (secondary N) is 1. The van der Waals surface area contributed by atoms with Gasteiger partial charge >= 0.3 is 5.97 Å². The Hall–Kier alpha value is -4.26. The van der Waals surface area contributed by atoms with E-state index in [0.717, 1.165) is 32.7 Å². The number of ether oxygens (including phenoxy) is 1. The second-order valence-electron chi connectivity index (χ2n) is 11.4. The van der Waals surface area contributed by atoms with Crippen molar-refractivity contribution in [2.75, 3.05) is 11.9 Å². The molecule has 0 spiro atoms. The highest BCUT2D eigenvalue weighted by Crippen LogP contribution is 2.61. The number of likely N-dealkylation sites (tertiary alicyclic amines) is 1. The lowest BCUT2D eigenvalue weighted by molar-refractivity contribution is -0.160. The zero-order valence-corrected chi connectivity index (χ0v) is 22.8. The number of aryl methyl sites for hydroxylation is 1. The lowest BCUT2D eigenvalue weighted by Crippen LogP contribution is -2.47. The molecule has 2 bridgehead atoms. The maximum atomic E-state index is 14.1. The van der Waals surface area contributed by atoms with E-state index in [1.54, 1.807) is 12.1 Å². The molecule has 0 aromatic heterocycles. The van der Waals surface area contributed by atoms with Crippen molar-refractivity contribution < 1.29 is 23.9 Å². The molecule has 40 heavy (non-hydrogen) atoms. The molecule has 4 aliphatic rings. The van der Waals surface area contributed by atoms with Gasteiger partial charge in [0.1, 0.15) is 6.04 Å². The number of carbonyl (C=O) groups is 4. The fraction of sp³-hybridized carbons (Fsp3) is 0.333. The first kappa shape index (κ1) is 26.0. The summed E-state index contributed by atoms with van der Waals surface area (Å²) in [7, 11) is 0. The van der Waals surface area contributed by atoms with Gasteiger partial charge in [0, 0.05) is 17.5 Å². The van der Waals surface area contributed by atoms with E-state index in [1.807, 2.05) is 81.4 Å². The van der Waals surface area contributed by atoms with Crippen LogP contribution in [0.4, 0.5) is 5.69 Å². The van der Waals surface area contributed by atoms with Crippen LogP contribution in [-0.2, 0) is 23.9 Å². The van der Waals surface area contributed by atoms with Gasteiger partial charge in [-0.05, 0) is 53.1 Å². The summed E-state index contributed by atoms with van der Waals surface area (Å²) in [4.78, 5) is 55.4. The van der Waals surface area contributed by atoms with E-state index < -0.39 is 36.4 Å². The number of esters is 1. The van der Waals surface area contributed by atoms with Crippen LogP contribution in [-0.4, -0.2) is 41.2 Å². The molecular formula is C33H32N2O5. The van der Waals surface area contributed by atoms with Crippen LogP contribution < -0.4 is 5.32 Å². The first-order valence-electron chi connectivity index (χ1n) is 13.8. The topological polar surface area (TPSA) is 92.8 Å². The molecule has 7 rings (SSSR count). The van der Waals surface area contributed by atoms with Gasteiger partial charge < -0.3 is 10.1 Å². The van der Waals surface area contributed by atoms with Crippen LogP contribution in [0.1, 0.15) is 59.9 Å². The normalized spacial score (nSPS) is 22.9. The number of carbonyl (C=O) groups excluding carboxylic acids is 4. The Morgan fingerprint density at radius 1 is 0.800 bits per heavy atom. The van der Waals surface area contributed by atoms with Crippen molar-refractivity contribution in [3.8, 4) is 0 Å². The Bertz CT molecular complexity index is 1410. The minimum atomic E-state index is -1.09. The van der Waals surface area contributed by atoms with Gasteiger partial charge in [-0.3, -0.25) is 19.3 Å². The molecule has 1 N–H and O–H groups in total. The predicted octanol–water partition coefficient (Wildman–Crippen LogP) is 4.78. The monoisotopic (exact) mass is 536 g/mol. The third-order valence-electron chi connectivity index (χ3n) is 8.53. The van der Waals surface area contributed by atoms with Crippen LogP contribution in [0.2, 0.25) is 0 Å². The van der Waals surface area contributed by atoms with Gasteiger partial charge in [-0.25, -0.2) is 4.79 Å². The van der Waals surface area contributed by atoms with E-state index in [9.17, 15) is 19.2 Å². The Morgan fingerprint density at radius 3 is 1.75 bits per heavy atom. The standard InChI is InChI=1S/C33H32N2O5/c1-18(2)16-25(33(39)40-17-26(36)34-24-15-9-4-10-19(24)3)35-31(37)29-27-20-11-5-6-12-21(20)28(30(29)32(35)38)23-14-8-7-13-22(23)27/h4-15,18,25,27-30H,16-17H2,1-3H3,(H,34,36)/t25-,27?,28?,29+,30+/m0/s1.